The third kappa shape index (κ3) is 10.0. The summed E-state index contributed by atoms with van der Waals surface area (Å²) in [6.07, 6.45) is 6.25. The molecule has 1 radical (unpaired) electrons. The van der Waals surface area contributed by atoms with Crippen molar-refractivity contribution in [3.8, 4) is 0 Å². The molecule has 73 valence electrons. The Balaban J connectivity index is 3.35. The summed E-state index contributed by atoms with van der Waals surface area (Å²) in [6, 6.07) is 0. The molecule has 0 fully saturated rings. The summed E-state index contributed by atoms with van der Waals surface area (Å²) in [6.45, 7) is 13.8. The van der Waals surface area contributed by atoms with Gasteiger partial charge in [0.1, 0.15) is 0 Å². The molecule has 0 spiro atoms. The normalized spacial score (nSPS) is 13.5. The topological polar surface area (TPSA) is 0 Å². The molecule has 0 aliphatic heterocycles. The predicted octanol–water partition coefficient (Wildman–Crippen LogP) is 4.45. The summed E-state index contributed by atoms with van der Waals surface area (Å²) in [5, 5.41) is 0. The summed E-state index contributed by atoms with van der Waals surface area (Å²) in [7, 11) is 0. The van der Waals surface area contributed by atoms with Gasteiger partial charge < -0.3 is 0 Å². The summed E-state index contributed by atoms with van der Waals surface area (Å²) in [5.74, 6) is 0. The fourth-order valence-corrected chi connectivity index (χ4v) is 1.07. The Labute approximate surface area is 78.8 Å². The highest BCUT2D eigenvalue weighted by Crippen LogP contribution is 2.25. The van der Waals surface area contributed by atoms with Crippen LogP contribution in [0.2, 0.25) is 0 Å². The van der Waals surface area contributed by atoms with Crippen molar-refractivity contribution >= 4 is 0 Å². The molecule has 0 bridgehead atoms. The highest BCUT2D eigenvalue weighted by Gasteiger charge is 2.12. The zero-order valence-electron chi connectivity index (χ0n) is 9.70. The lowest BCUT2D eigenvalue weighted by Crippen LogP contribution is -2.08. The number of rotatable bonds is 3. The van der Waals surface area contributed by atoms with Crippen LogP contribution in [0.25, 0.3) is 0 Å². The molecule has 0 aromatic rings. The molecule has 0 heterocycles. The maximum atomic E-state index is 2.44. The Hall–Kier alpha value is 0. The molecule has 0 amide bonds. The minimum Gasteiger partial charge on any atom is -0.0602 e. The van der Waals surface area contributed by atoms with Crippen LogP contribution in [0.5, 0.6) is 0 Å². The van der Waals surface area contributed by atoms with Crippen LogP contribution in [0, 0.1) is 17.3 Å². The van der Waals surface area contributed by atoms with Gasteiger partial charge in [-0.25, -0.2) is 0 Å². The van der Waals surface area contributed by atoms with Gasteiger partial charge in [0.05, 0.1) is 0 Å². The van der Waals surface area contributed by atoms with Gasteiger partial charge in [0.15, 0.2) is 0 Å². The van der Waals surface area contributed by atoms with Gasteiger partial charge in [-0.3, -0.25) is 0 Å². The van der Waals surface area contributed by atoms with E-state index in [-0.39, 0.29) is 0 Å². The number of hydrogen-bond acceptors (Lipinski definition) is 0. The average Bonchev–Trinajstić information content (AvgIpc) is 1.76. The monoisotopic (exact) mass is 169 g/mol. The van der Waals surface area contributed by atoms with Crippen LogP contribution in [-0.4, -0.2) is 0 Å². The first kappa shape index (κ1) is 12.0. The first-order valence-electron chi connectivity index (χ1n) is 5.02. The van der Waals surface area contributed by atoms with Crippen LogP contribution in [0.4, 0.5) is 0 Å². The van der Waals surface area contributed by atoms with Gasteiger partial charge >= 0.3 is 0 Å². The Morgan fingerprint density at radius 1 is 0.833 bits per heavy atom. The molecule has 0 aliphatic carbocycles. The molecule has 0 N–H and O–H groups in total. The lowest BCUT2D eigenvalue weighted by Gasteiger charge is -2.20. The largest absolute Gasteiger partial charge is 0.0602 e. The van der Waals surface area contributed by atoms with Crippen molar-refractivity contribution in [2.75, 3.05) is 0 Å². The van der Waals surface area contributed by atoms with E-state index in [9.17, 15) is 0 Å². The number of hydrogen-bond donors (Lipinski definition) is 0. The quantitative estimate of drug-likeness (QED) is 0.547. The van der Waals surface area contributed by atoms with E-state index in [1.165, 1.54) is 19.3 Å². The summed E-state index contributed by atoms with van der Waals surface area (Å²) >= 11 is 0. The van der Waals surface area contributed by atoms with E-state index in [4.69, 9.17) is 0 Å². The first-order valence-corrected chi connectivity index (χ1v) is 5.02. The third-order valence-corrected chi connectivity index (χ3v) is 1.86. The molecule has 0 saturated carbocycles. The summed E-state index contributed by atoms with van der Waals surface area (Å²) in [4.78, 5) is 0. The standard InChI is InChI=1S/C12H25/c1-11(2,3)9-7-8-10-12(4,5)6/h7H,8-10H2,1-6H3. The molecule has 0 nitrogen and oxygen atoms in total. The molecular weight excluding hydrogens is 144 g/mol. The van der Waals surface area contributed by atoms with E-state index in [1.807, 2.05) is 0 Å². The third-order valence-electron chi connectivity index (χ3n) is 1.86. The average molecular weight is 169 g/mol. The van der Waals surface area contributed by atoms with E-state index in [1.54, 1.807) is 0 Å². The van der Waals surface area contributed by atoms with Crippen molar-refractivity contribution in [3.05, 3.63) is 6.42 Å². The molecule has 0 rings (SSSR count). The van der Waals surface area contributed by atoms with E-state index in [0.717, 1.165) is 0 Å². The minimum atomic E-state index is 0.470. The second-order valence-electron chi connectivity index (χ2n) is 6.15. The highest BCUT2D eigenvalue weighted by atomic mass is 14.2. The van der Waals surface area contributed by atoms with E-state index >= 15 is 0 Å². The van der Waals surface area contributed by atoms with Crippen LogP contribution in [0.3, 0.4) is 0 Å². The fourth-order valence-electron chi connectivity index (χ4n) is 1.07. The van der Waals surface area contributed by atoms with Crippen molar-refractivity contribution in [3.63, 3.8) is 0 Å². The second kappa shape index (κ2) is 4.30. The molecule has 0 saturated heterocycles. The lowest BCUT2D eigenvalue weighted by atomic mass is 9.85. The van der Waals surface area contributed by atoms with Crippen LogP contribution in [-0.2, 0) is 0 Å². The van der Waals surface area contributed by atoms with Gasteiger partial charge in [0.2, 0.25) is 0 Å². The molecule has 0 aliphatic rings. The molecular formula is C12H25. The maximum absolute atomic E-state index is 2.44. The zero-order chi connectivity index (χ0) is 9.83. The summed E-state index contributed by atoms with van der Waals surface area (Å²) < 4.78 is 0. The Kier molecular flexibility index (Phi) is 4.30. The van der Waals surface area contributed by atoms with Gasteiger partial charge in [0.25, 0.3) is 0 Å². The first-order chi connectivity index (χ1) is 5.21. The van der Waals surface area contributed by atoms with Crippen molar-refractivity contribution in [1.82, 2.24) is 0 Å². The second-order valence-corrected chi connectivity index (χ2v) is 6.15. The Morgan fingerprint density at radius 2 is 1.33 bits per heavy atom. The van der Waals surface area contributed by atoms with E-state index < -0.39 is 0 Å². The zero-order valence-corrected chi connectivity index (χ0v) is 9.70. The van der Waals surface area contributed by atoms with E-state index in [2.05, 4.69) is 48.0 Å². The Morgan fingerprint density at radius 3 is 1.67 bits per heavy atom. The SMILES string of the molecule is CC(C)(C)C[CH]CCC(C)(C)C. The van der Waals surface area contributed by atoms with Gasteiger partial charge in [-0.2, -0.15) is 0 Å². The molecule has 0 aromatic heterocycles. The predicted molar refractivity (Wildman–Crippen MR) is 57.1 cm³/mol. The Bertz CT molecular complexity index is 93.0. The van der Waals surface area contributed by atoms with Crippen LogP contribution >= 0.6 is 0 Å². The lowest BCUT2D eigenvalue weighted by molar-refractivity contribution is 0.354. The van der Waals surface area contributed by atoms with Crippen LogP contribution in [0.15, 0.2) is 0 Å². The highest BCUT2D eigenvalue weighted by molar-refractivity contribution is 4.76. The van der Waals surface area contributed by atoms with Crippen LogP contribution < -0.4 is 0 Å². The van der Waals surface area contributed by atoms with Gasteiger partial charge in [-0.1, -0.05) is 41.5 Å². The maximum Gasteiger partial charge on any atom is -0.0380 e. The van der Waals surface area contributed by atoms with E-state index in [0.29, 0.717) is 10.8 Å². The number of unbranched alkanes of at least 4 members (excludes halogenated alkanes) is 1. The van der Waals surface area contributed by atoms with Crippen molar-refractivity contribution < 1.29 is 0 Å². The van der Waals surface area contributed by atoms with Crippen molar-refractivity contribution in [2.24, 2.45) is 10.8 Å². The van der Waals surface area contributed by atoms with Gasteiger partial charge in [-0.15, -0.1) is 0 Å². The smallest absolute Gasteiger partial charge is 0.0380 e. The summed E-state index contributed by atoms with van der Waals surface area (Å²) in [5.41, 5.74) is 0.965. The molecule has 0 aromatic carbocycles. The van der Waals surface area contributed by atoms with Crippen molar-refractivity contribution in [2.45, 2.75) is 60.8 Å². The van der Waals surface area contributed by atoms with Gasteiger partial charge in [0, 0.05) is 0 Å². The molecule has 12 heavy (non-hydrogen) atoms. The van der Waals surface area contributed by atoms with Crippen LogP contribution in [0.1, 0.15) is 60.8 Å². The molecule has 0 unspecified atom stereocenters. The minimum absolute atomic E-state index is 0.470. The van der Waals surface area contributed by atoms with Gasteiger partial charge in [-0.05, 0) is 36.5 Å². The van der Waals surface area contributed by atoms with Crippen molar-refractivity contribution in [1.29, 1.82) is 0 Å². The molecule has 0 atom stereocenters. The fraction of sp³-hybridized carbons (Fsp3) is 0.917. The molecule has 0 heteroatoms.